The first kappa shape index (κ1) is 20.1. The average molecular weight is 467 g/mol. The number of thioether (sulfide) groups is 1. The van der Waals surface area contributed by atoms with Crippen molar-refractivity contribution >= 4 is 46.1 Å². The molecule has 1 aliphatic rings. The van der Waals surface area contributed by atoms with Crippen LogP contribution in [0.1, 0.15) is 22.2 Å². The number of amides is 1. The molecule has 4 aromatic heterocycles. The Labute approximate surface area is 191 Å². The van der Waals surface area contributed by atoms with Gasteiger partial charge in [0, 0.05) is 36.3 Å². The fourth-order valence-corrected chi connectivity index (χ4v) is 5.72. The van der Waals surface area contributed by atoms with E-state index in [-0.39, 0.29) is 17.7 Å². The van der Waals surface area contributed by atoms with Crippen LogP contribution >= 0.6 is 34.4 Å². The van der Waals surface area contributed by atoms with Gasteiger partial charge in [0.1, 0.15) is 0 Å². The molecule has 0 saturated carbocycles. The predicted octanol–water partition coefficient (Wildman–Crippen LogP) is 4.47. The highest BCUT2D eigenvalue weighted by Crippen LogP contribution is 2.36. The Balaban J connectivity index is 1.34. The van der Waals surface area contributed by atoms with Crippen LogP contribution < -0.4 is 0 Å². The van der Waals surface area contributed by atoms with Gasteiger partial charge in [-0.15, -0.1) is 32.9 Å². The molecule has 1 atom stereocenters. The third kappa shape index (κ3) is 4.06. The molecule has 0 radical (unpaired) electrons. The van der Waals surface area contributed by atoms with Gasteiger partial charge in [0.2, 0.25) is 0 Å². The van der Waals surface area contributed by atoms with E-state index in [2.05, 4.69) is 27.3 Å². The Bertz CT molecular complexity index is 1200. The van der Waals surface area contributed by atoms with Gasteiger partial charge in [-0.25, -0.2) is 5.01 Å². The van der Waals surface area contributed by atoms with Gasteiger partial charge >= 0.3 is 0 Å². The number of hydrazone groups is 1. The fraction of sp³-hybridized carbons (Fsp3) is 0.190. The minimum Gasteiger partial charge on any atom is -0.305 e. The SMILES string of the molecule is Cn1c(SCC(=O)N2N=C(c3cccs3)C[C@H]2c2cccs2)nnc1-c1ccncc1. The Hall–Kier alpha value is -2.82. The number of carbonyl (C=O) groups excluding carboxylic acids is 1. The lowest BCUT2D eigenvalue weighted by Gasteiger charge is -2.20. The van der Waals surface area contributed by atoms with E-state index < -0.39 is 0 Å². The third-order valence-electron chi connectivity index (χ3n) is 4.94. The summed E-state index contributed by atoms with van der Waals surface area (Å²) in [6.45, 7) is 0. The molecule has 31 heavy (non-hydrogen) atoms. The largest absolute Gasteiger partial charge is 0.305 e. The van der Waals surface area contributed by atoms with Gasteiger partial charge in [-0.2, -0.15) is 5.10 Å². The van der Waals surface area contributed by atoms with Gasteiger partial charge in [0.25, 0.3) is 5.91 Å². The first-order valence-electron chi connectivity index (χ1n) is 9.60. The summed E-state index contributed by atoms with van der Waals surface area (Å²) in [5.74, 6) is 0.946. The van der Waals surface area contributed by atoms with Gasteiger partial charge in [0.05, 0.1) is 22.4 Å². The molecule has 1 aliphatic heterocycles. The van der Waals surface area contributed by atoms with E-state index in [0.29, 0.717) is 5.16 Å². The number of hydrogen-bond donors (Lipinski definition) is 0. The molecule has 0 fully saturated rings. The molecule has 0 bridgehead atoms. The molecular weight excluding hydrogens is 448 g/mol. The molecule has 156 valence electrons. The molecule has 7 nitrogen and oxygen atoms in total. The van der Waals surface area contributed by atoms with E-state index in [1.54, 1.807) is 40.1 Å². The van der Waals surface area contributed by atoms with E-state index in [1.807, 2.05) is 46.6 Å². The molecule has 0 aliphatic carbocycles. The van der Waals surface area contributed by atoms with Crippen LogP contribution in [0.15, 0.2) is 69.8 Å². The zero-order valence-corrected chi connectivity index (χ0v) is 19.0. The van der Waals surface area contributed by atoms with Crippen LogP contribution in [0.25, 0.3) is 11.4 Å². The van der Waals surface area contributed by atoms with E-state index in [9.17, 15) is 4.79 Å². The Morgan fingerprint density at radius 3 is 2.68 bits per heavy atom. The summed E-state index contributed by atoms with van der Waals surface area (Å²) in [5.41, 5.74) is 1.90. The highest BCUT2D eigenvalue weighted by atomic mass is 32.2. The molecular formula is C21H18N6OS3. The third-order valence-corrected chi connectivity index (χ3v) is 7.84. The minimum atomic E-state index is -0.0583. The maximum Gasteiger partial charge on any atom is 0.253 e. The molecule has 4 aromatic rings. The number of carbonyl (C=O) groups is 1. The van der Waals surface area contributed by atoms with Gasteiger partial charge < -0.3 is 4.57 Å². The highest BCUT2D eigenvalue weighted by Gasteiger charge is 2.34. The van der Waals surface area contributed by atoms with Gasteiger partial charge in [-0.3, -0.25) is 9.78 Å². The fourth-order valence-electron chi connectivity index (χ4n) is 3.42. The number of rotatable bonds is 6. The second-order valence-electron chi connectivity index (χ2n) is 6.89. The predicted molar refractivity (Wildman–Crippen MR) is 124 cm³/mol. The van der Waals surface area contributed by atoms with Gasteiger partial charge in [0.15, 0.2) is 11.0 Å². The average Bonchev–Trinajstić information content (AvgIpc) is 3.59. The Kier molecular flexibility index (Phi) is 5.66. The zero-order valence-electron chi connectivity index (χ0n) is 16.6. The lowest BCUT2D eigenvalue weighted by atomic mass is 10.1. The lowest BCUT2D eigenvalue weighted by molar-refractivity contribution is -0.130. The van der Waals surface area contributed by atoms with E-state index >= 15 is 0 Å². The van der Waals surface area contributed by atoms with Crippen LogP contribution in [0.3, 0.4) is 0 Å². The number of nitrogens with zero attached hydrogens (tertiary/aromatic N) is 6. The summed E-state index contributed by atoms with van der Waals surface area (Å²) in [6, 6.07) is 11.9. The zero-order chi connectivity index (χ0) is 21.2. The van der Waals surface area contributed by atoms with Crippen LogP contribution in [0.2, 0.25) is 0 Å². The number of hydrogen-bond acceptors (Lipinski definition) is 8. The molecule has 1 amide bonds. The quantitative estimate of drug-likeness (QED) is 0.392. The molecule has 5 heterocycles. The van der Waals surface area contributed by atoms with Crippen molar-refractivity contribution in [1.82, 2.24) is 24.8 Å². The number of pyridine rings is 1. The molecule has 0 spiro atoms. The van der Waals surface area contributed by atoms with Crippen LogP contribution in [0.4, 0.5) is 0 Å². The van der Waals surface area contributed by atoms with Crippen LogP contribution in [0.5, 0.6) is 0 Å². The number of thiophene rings is 2. The van der Waals surface area contributed by atoms with E-state index in [1.165, 1.54) is 11.8 Å². The van der Waals surface area contributed by atoms with Crippen molar-refractivity contribution in [2.45, 2.75) is 17.6 Å². The van der Waals surface area contributed by atoms with Gasteiger partial charge in [-0.05, 0) is 35.0 Å². The van der Waals surface area contributed by atoms with Crippen LogP contribution in [-0.2, 0) is 11.8 Å². The molecule has 10 heteroatoms. The van der Waals surface area contributed by atoms with E-state index in [4.69, 9.17) is 5.10 Å². The minimum absolute atomic E-state index is 0.0385. The molecule has 5 rings (SSSR count). The van der Waals surface area contributed by atoms with Crippen molar-refractivity contribution < 1.29 is 4.79 Å². The Morgan fingerprint density at radius 2 is 1.94 bits per heavy atom. The van der Waals surface area contributed by atoms with Crippen LogP contribution in [0, 0.1) is 0 Å². The van der Waals surface area contributed by atoms with Crippen LogP contribution in [-0.4, -0.2) is 42.1 Å². The topological polar surface area (TPSA) is 76.3 Å². The maximum atomic E-state index is 13.2. The highest BCUT2D eigenvalue weighted by molar-refractivity contribution is 7.99. The summed E-state index contributed by atoms with van der Waals surface area (Å²) < 4.78 is 1.90. The second-order valence-corrected chi connectivity index (χ2v) is 9.76. The summed E-state index contributed by atoms with van der Waals surface area (Å²) in [6.07, 6.45) is 4.18. The number of aromatic nitrogens is 4. The molecule has 0 unspecified atom stereocenters. The summed E-state index contributed by atoms with van der Waals surface area (Å²) in [4.78, 5) is 19.5. The first-order valence-corrected chi connectivity index (χ1v) is 12.3. The monoisotopic (exact) mass is 466 g/mol. The maximum absolute atomic E-state index is 13.2. The normalized spacial score (nSPS) is 16.0. The first-order chi connectivity index (χ1) is 15.2. The van der Waals surface area contributed by atoms with Crippen molar-refractivity contribution in [2.75, 3.05) is 5.75 Å². The smallest absolute Gasteiger partial charge is 0.253 e. The summed E-state index contributed by atoms with van der Waals surface area (Å²) in [5, 5.41) is 19.7. The summed E-state index contributed by atoms with van der Waals surface area (Å²) in [7, 11) is 1.90. The van der Waals surface area contributed by atoms with E-state index in [0.717, 1.165) is 33.3 Å². The van der Waals surface area contributed by atoms with Gasteiger partial charge in [-0.1, -0.05) is 23.9 Å². The lowest BCUT2D eigenvalue weighted by Crippen LogP contribution is -2.28. The molecule has 0 aromatic carbocycles. The van der Waals surface area contributed by atoms with Crippen molar-refractivity contribution in [2.24, 2.45) is 12.1 Å². The van der Waals surface area contributed by atoms with Crippen molar-refractivity contribution in [3.63, 3.8) is 0 Å². The van der Waals surface area contributed by atoms with Crippen molar-refractivity contribution in [3.8, 4) is 11.4 Å². The second kappa shape index (κ2) is 8.74. The van der Waals surface area contributed by atoms with Crippen molar-refractivity contribution in [1.29, 1.82) is 0 Å². The Morgan fingerprint density at radius 1 is 1.13 bits per heavy atom. The molecule has 0 N–H and O–H groups in total. The van der Waals surface area contributed by atoms with Crippen molar-refractivity contribution in [3.05, 3.63) is 69.3 Å². The summed E-state index contributed by atoms with van der Waals surface area (Å²) >= 11 is 4.68. The molecule has 0 saturated heterocycles. The standard InChI is InChI=1S/C21H18N6OS3/c1-26-20(14-6-8-22-9-7-14)23-24-21(26)31-13-19(28)27-16(18-5-3-11-30-18)12-15(25-27)17-4-2-10-29-17/h2-11,16H,12-13H2,1H3/t16-/m0/s1.